The van der Waals surface area contributed by atoms with Crippen molar-refractivity contribution in [2.75, 3.05) is 0 Å². The number of aromatic hydroxyl groups is 1. The van der Waals surface area contributed by atoms with Crippen LogP contribution in [0.1, 0.15) is 56.9 Å². The van der Waals surface area contributed by atoms with E-state index in [2.05, 4.69) is 50.4 Å². The lowest BCUT2D eigenvalue weighted by molar-refractivity contribution is -0.131. The van der Waals surface area contributed by atoms with Crippen molar-refractivity contribution in [3.05, 3.63) is 89.8 Å². The van der Waals surface area contributed by atoms with Gasteiger partial charge in [0.2, 0.25) is 11.8 Å². The van der Waals surface area contributed by atoms with Crippen molar-refractivity contribution in [1.29, 1.82) is 0 Å². The molecule has 2 aromatic carbocycles. The maximum atomic E-state index is 12.4. The first-order valence-electron chi connectivity index (χ1n) is 13.2. The summed E-state index contributed by atoms with van der Waals surface area (Å²) in [6, 6.07) is 19.8. The Balaban J connectivity index is 1.34. The molecular weight excluding hydrogens is 492 g/mol. The van der Waals surface area contributed by atoms with Crippen LogP contribution >= 0.6 is 0 Å². The van der Waals surface area contributed by atoms with Crippen LogP contribution in [-0.2, 0) is 27.8 Å². The van der Waals surface area contributed by atoms with Crippen LogP contribution in [0.25, 0.3) is 17.1 Å². The number of imide groups is 1. The highest BCUT2D eigenvalue weighted by atomic mass is 16.3. The van der Waals surface area contributed by atoms with Crippen LogP contribution < -0.4 is 11.1 Å². The van der Waals surface area contributed by atoms with Gasteiger partial charge in [0.15, 0.2) is 5.76 Å². The number of amides is 2. The highest BCUT2D eigenvalue weighted by molar-refractivity contribution is 5.97. The number of hydrogen-bond acceptors (Lipinski definition) is 6. The molecule has 39 heavy (non-hydrogen) atoms. The Bertz CT molecular complexity index is 1380. The van der Waals surface area contributed by atoms with Gasteiger partial charge in [-0.3, -0.25) is 14.9 Å². The van der Waals surface area contributed by atoms with Crippen LogP contribution in [0.15, 0.2) is 77.4 Å². The van der Waals surface area contributed by atoms with Gasteiger partial charge in [-0.05, 0) is 84.7 Å². The first-order chi connectivity index (χ1) is 18.6. The molecule has 0 saturated heterocycles. The highest BCUT2D eigenvalue weighted by Gasteiger charge is 2.18. The molecule has 1 unspecified atom stereocenters. The number of nitrogens with two attached hydrogens (primary N) is 1. The fraction of sp³-hybridized carbons (Fsp3) is 0.323. The van der Waals surface area contributed by atoms with Gasteiger partial charge in [-0.25, -0.2) is 4.68 Å². The zero-order chi connectivity index (χ0) is 28.0. The molecule has 8 heteroatoms. The van der Waals surface area contributed by atoms with Crippen molar-refractivity contribution in [2.45, 2.75) is 64.3 Å². The number of nitrogens with zero attached hydrogens (tertiary/aromatic N) is 2. The summed E-state index contributed by atoms with van der Waals surface area (Å²) in [5.41, 5.74) is 10.8. The van der Waals surface area contributed by atoms with Gasteiger partial charge in [0.25, 0.3) is 0 Å². The number of carbonyl (C=O) groups excluding carboxylic acids is 2. The number of rotatable bonds is 10. The third-order valence-corrected chi connectivity index (χ3v) is 6.61. The number of nitrogens with one attached hydrogen (secondary N) is 1. The Morgan fingerprint density at radius 3 is 2.41 bits per heavy atom. The summed E-state index contributed by atoms with van der Waals surface area (Å²) in [6.07, 6.45) is 4.18. The minimum atomic E-state index is -0.850. The standard InChI is InChI=1S/C31H36N4O4/c1-31(2,3)22-12-14-23(15-13-22)35-24(20-27(34-35)28-8-6-18-39-28)7-4-5-9-29(37)33-30(38)26(32)19-21-10-16-25(36)17-11-21/h6,8,10-18,20,26,36H,4-5,7,9,19,32H2,1-3H3,(H,33,37,38). The third kappa shape index (κ3) is 7.45. The lowest BCUT2D eigenvalue weighted by Gasteiger charge is -2.19. The van der Waals surface area contributed by atoms with Crippen LogP contribution in [0.4, 0.5) is 0 Å². The first kappa shape index (κ1) is 27.9. The second-order valence-corrected chi connectivity index (χ2v) is 10.8. The van der Waals surface area contributed by atoms with Crippen LogP contribution in [0.2, 0.25) is 0 Å². The summed E-state index contributed by atoms with van der Waals surface area (Å²) in [6.45, 7) is 6.55. The maximum Gasteiger partial charge on any atom is 0.243 e. The number of phenols is 1. The van der Waals surface area contributed by atoms with Crippen LogP contribution in [-0.4, -0.2) is 32.7 Å². The minimum absolute atomic E-state index is 0.0577. The molecule has 2 aromatic heterocycles. The molecule has 4 rings (SSSR count). The molecule has 4 N–H and O–H groups in total. The molecule has 204 valence electrons. The molecule has 2 amide bonds. The summed E-state index contributed by atoms with van der Waals surface area (Å²) in [5, 5.41) is 16.6. The van der Waals surface area contributed by atoms with Crippen LogP contribution in [0, 0.1) is 0 Å². The SMILES string of the molecule is CC(C)(C)c1ccc(-n2nc(-c3ccco3)cc2CCCCC(=O)NC(=O)C(N)Cc2ccc(O)cc2)cc1. The lowest BCUT2D eigenvalue weighted by atomic mass is 9.87. The quantitative estimate of drug-likeness (QED) is 0.247. The first-order valence-corrected chi connectivity index (χ1v) is 13.2. The molecule has 0 spiro atoms. The van der Waals surface area contributed by atoms with Crippen molar-refractivity contribution in [1.82, 2.24) is 15.1 Å². The molecule has 0 aliphatic carbocycles. The number of phenolic OH excluding ortho intramolecular Hbond substituents is 1. The molecule has 1 atom stereocenters. The minimum Gasteiger partial charge on any atom is -0.508 e. The van der Waals surface area contributed by atoms with Gasteiger partial charge in [0.1, 0.15) is 11.4 Å². The van der Waals surface area contributed by atoms with Crippen molar-refractivity contribution in [2.24, 2.45) is 5.73 Å². The zero-order valence-corrected chi connectivity index (χ0v) is 22.7. The number of aryl methyl sites for hydroxylation is 1. The second-order valence-electron chi connectivity index (χ2n) is 10.8. The van der Waals surface area contributed by atoms with E-state index >= 15 is 0 Å². The molecule has 0 aliphatic heterocycles. The Morgan fingerprint density at radius 2 is 1.77 bits per heavy atom. The summed E-state index contributed by atoms with van der Waals surface area (Å²) in [7, 11) is 0. The van der Waals surface area contributed by atoms with Crippen molar-refractivity contribution < 1.29 is 19.1 Å². The van der Waals surface area contributed by atoms with E-state index in [1.807, 2.05) is 22.9 Å². The Kier molecular flexibility index (Phi) is 8.66. The number of hydrogen-bond donors (Lipinski definition) is 3. The maximum absolute atomic E-state index is 12.4. The number of furan rings is 1. The molecule has 8 nitrogen and oxygen atoms in total. The van der Waals surface area contributed by atoms with Gasteiger partial charge in [-0.2, -0.15) is 5.10 Å². The Morgan fingerprint density at radius 1 is 1.05 bits per heavy atom. The van der Waals surface area contributed by atoms with Crippen molar-refractivity contribution in [3.8, 4) is 22.9 Å². The predicted octanol–water partition coefficient (Wildman–Crippen LogP) is 5.06. The third-order valence-electron chi connectivity index (χ3n) is 6.61. The van der Waals surface area contributed by atoms with Crippen LogP contribution in [0.3, 0.4) is 0 Å². The summed E-state index contributed by atoms with van der Waals surface area (Å²) in [5.74, 6) is -0.00914. The number of unbranched alkanes of at least 4 members (excludes halogenated alkanes) is 1. The fourth-order valence-corrected chi connectivity index (χ4v) is 4.33. The van der Waals surface area contributed by atoms with E-state index in [4.69, 9.17) is 15.2 Å². The van der Waals surface area contributed by atoms with Gasteiger partial charge in [-0.15, -0.1) is 0 Å². The second kappa shape index (κ2) is 12.1. The van der Waals surface area contributed by atoms with E-state index in [-0.39, 0.29) is 29.9 Å². The zero-order valence-electron chi connectivity index (χ0n) is 22.7. The number of benzene rings is 2. The molecule has 0 bridgehead atoms. The molecule has 4 aromatic rings. The average molecular weight is 529 g/mol. The molecule has 0 saturated carbocycles. The molecule has 2 heterocycles. The molecule has 0 radical (unpaired) electrons. The normalized spacial score (nSPS) is 12.3. The number of carbonyl (C=O) groups is 2. The van der Waals surface area contributed by atoms with Gasteiger partial charge in [0.05, 0.1) is 18.0 Å². The summed E-state index contributed by atoms with van der Waals surface area (Å²) < 4.78 is 7.49. The number of aromatic nitrogens is 2. The monoisotopic (exact) mass is 528 g/mol. The van der Waals surface area contributed by atoms with E-state index < -0.39 is 11.9 Å². The van der Waals surface area contributed by atoms with Gasteiger partial charge in [-0.1, -0.05) is 45.0 Å². The molecule has 0 aliphatic rings. The Hall–Kier alpha value is -4.17. The Labute approximate surface area is 228 Å². The van der Waals surface area contributed by atoms with Gasteiger partial charge in [0, 0.05) is 12.1 Å². The lowest BCUT2D eigenvalue weighted by Crippen LogP contribution is -2.44. The predicted molar refractivity (Wildman–Crippen MR) is 150 cm³/mol. The largest absolute Gasteiger partial charge is 0.508 e. The molecule has 0 fully saturated rings. The van der Waals surface area contributed by atoms with E-state index in [1.165, 1.54) is 17.7 Å². The van der Waals surface area contributed by atoms with E-state index in [0.717, 1.165) is 29.1 Å². The van der Waals surface area contributed by atoms with Gasteiger partial charge >= 0.3 is 0 Å². The topological polar surface area (TPSA) is 123 Å². The van der Waals surface area contributed by atoms with Crippen molar-refractivity contribution in [3.63, 3.8) is 0 Å². The summed E-state index contributed by atoms with van der Waals surface area (Å²) >= 11 is 0. The highest BCUT2D eigenvalue weighted by Crippen LogP contribution is 2.26. The summed E-state index contributed by atoms with van der Waals surface area (Å²) in [4.78, 5) is 24.7. The van der Waals surface area contributed by atoms with E-state index in [1.54, 1.807) is 18.4 Å². The van der Waals surface area contributed by atoms with E-state index in [9.17, 15) is 14.7 Å². The smallest absolute Gasteiger partial charge is 0.243 e. The van der Waals surface area contributed by atoms with Crippen LogP contribution in [0.5, 0.6) is 5.75 Å². The molecular formula is C31H36N4O4. The fourth-order valence-electron chi connectivity index (χ4n) is 4.33. The van der Waals surface area contributed by atoms with E-state index in [0.29, 0.717) is 18.6 Å². The van der Waals surface area contributed by atoms with Gasteiger partial charge < -0.3 is 15.3 Å². The van der Waals surface area contributed by atoms with Crippen molar-refractivity contribution >= 4 is 11.8 Å². The average Bonchev–Trinajstić information content (AvgIpc) is 3.58.